The number of nitrogens with one attached hydrogen (secondary N) is 1. The summed E-state index contributed by atoms with van der Waals surface area (Å²) >= 11 is 0. The Balaban J connectivity index is 2.47. The van der Waals surface area contributed by atoms with Crippen molar-refractivity contribution < 1.29 is 22.8 Å². The summed E-state index contributed by atoms with van der Waals surface area (Å²) in [5.41, 5.74) is 2.04. The van der Waals surface area contributed by atoms with Gasteiger partial charge < -0.3 is 9.57 Å². The van der Waals surface area contributed by atoms with Crippen LogP contribution in [0, 0.1) is 6.92 Å². The van der Waals surface area contributed by atoms with Crippen LogP contribution < -0.4 is 9.62 Å². The normalized spacial score (nSPS) is 11.1. The Hall–Kier alpha value is -2.38. The molecule has 0 aliphatic heterocycles. The van der Waals surface area contributed by atoms with Crippen LogP contribution in [0.25, 0.3) is 11.1 Å². The maximum atomic E-state index is 12.5. The van der Waals surface area contributed by atoms with Gasteiger partial charge in [0.05, 0.1) is 12.0 Å². The molecule has 0 aromatic heterocycles. The Morgan fingerprint density at radius 1 is 1.12 bits per heavy atom. The fourth-order valence-electron chi connectivity index (χ4n) is 2.21. The van der Waals surface area contributed by atoms with Gasteiger partial charge in [-0.3, -0.25) is 4.79 Å². The molecule has 1 N–H and O–H groups in total. The van der Waals surface area contributed by atoms with Crippen molar-refractivity contribution in [1.29, 1.82) is 0 Å². The number of ether oxygens (including phenoxy) is 1. The summed E-state index contributed by atoms with van der Waals surface area (Å²) in [6.07, 6.45) is 0.0711. The van der Waals surface area contributed by atoms with Crippen molar-refractivity contribution in [3.05, 3.63) is 48.0 Å². The highest BCUT2D eigenvalue weighted by atomic mass is 32.2. The molecule has 128 valence electrons. The van der Waals surface area contributed by atoms with Gasteiger partial charge in [-0.25, -0.2) is 8.42 Å². The summed E-state index contributed by atoms with van der Waals surface area (Å²) in [5.74, 6) is 0.0176. The van der Waals surface area contributed by atoms with Crippen LogP contribution in [0.1, 0.15) is 18.9 Å². The van der Waals surface area contributed by atoms with E-state index in [1.807, 2.05) is 17.9 Å². The first-order chi connectivity index (χ1) is 11.4. The lowest BCUT2D eigenvalue weighted by Gasteiger charge is -2.14. The Kier molecular flexibility index (Phi) is 5.58. The fraction of sp³-hybridized carbons (Fsp3) is 0.235. The quantitative estimate of drug-likeness (QED) is 0.811. The molecule has 0 spiro atoms. The van der Waals surface area contributed by atoms with Crippen LogP contribution in [0.4, 0.5) is 0 Å². The van der Waals surface area contributed by atoms with Crippen molar-refractivity contribution in [2.45, 2.75) is 25.2 Å². The summed E-state index contributed by atoms with van der Waals surface area (Å²) in [6.45, 7) is 3.39. The number of aryl methyl sites for hydroxylation is 1. The van der Waals surface area contributed by atoms with Crippen molar-refractivity contribution in [2.24, 2.45) is 0 Å². The molecule has 2 rings (SSSR count). The highest BCUT2D eigenvalue weighted by Crippen LogP contribution is 2.31. The van der Waals surface area contributed by atoms with Gasteiger partial charge in [0.25, 0.3) is 10.0 Å². The van der Waals surface area contributed by atoms with Gasteiger partial charge in [-0.05, 0) is 41.1 Å². The molecule has 7 heteroatoms. The maximum Gasteiger partial charge on any atom is 0.325 e. The largest absolute Gasteiger partial charge is 0.497 e. The Labute approximate surface area is 141 Å². The number of rotatable bonds is 6. The highest BCUT2D eigenvalue weighted by molar-refractivity contribution is 7.89. The van der Waals surface area contributed by atoms with Crippen LogP contribution in [0.5, 0.6) is 5.75 Å². The zero-order valence-electron chi connectivity index (χ0n) is 13.7. The van der Waals surface area contributed by atoms with E-state index in [9.17, 15) is 13.2 Å². The van der Waals surface area contributed by atoms with Crippen molar-refractivity contribution >= 4 is 16.0 Å². The van der Waals surface area contributed by atoms with Crippen molar-refractivity contribution in [3.63, 3.8) is 0 Å². The molecule has 0 amide bonds. The molecule has 6 nitrogen and oxygen atoms in total. The van der Waals surface area contributed by atoms with Crippen LogP contribution in [-0.2, 0) is 19.7 Å². The third-order valence-electron chi connectivity index (χ3n) is 3.46. The predicted octanol–water partition coefficient (Wildman–Crippen LogP) is 2.82. The van der Waals surface area contributed by atoms with E-state index in [1.165, 1.54) is 6.07 Å². The number of benzene rings is 2. The topological polar surface area (TPSA) is 81.7 Å². The molecule has 0 aliphatic carbocycles. The van der Waals surface area contributed by atoms with Gasteiger partial charge in [0.1, 0.15) is 5.75 Å². The fourth-order valence-corrected chi connectivity index (χ4v) is 3.31. The summed E-state index contributed by atoms with van der Waals surface area (Å²) in [4.78, 5) is 17.7. The van der Waals surface area contributed by atoms with Crippen LogP contribution in [0.2, 0.25) is 0 Å². The van der Waals surface area contributed by atoms with Crippen LogP contribution in [0.3, 0.4) is 0 Å². The van der Waals surface area contributed by atoms with E-state index in [2.05, 4.69) is 4.84 Å². The average Bonchev–Trinajstić information content (AvgIpc) is 2.59. The Bertz CT molecular complexity index is 829. The molecule has 0 saturated carbocycles. The smallest absolute Gasteiger partial charge is 0.325 e. The van der Waals surface area contributed by atoms with Crippen LogP contribution in [0.15, 0.2) is 47.4 Å². The Morgan fingerprint density at radius 3 is 2.38 bits per heavy atom. The lowest BCUT2D eigenvalue weighted by Crippen LogP contribution is -2.27. The van der Waals surface area contributed by atoms with Gasteiger partial charge in [-0.2, -0.15) is 0 Å². The third-order valence-corrected chi connectivity index (χ3v) is 4.68. The Morgan fingerprint density at radius 2 is 1.79 bits per heavy atom. The SMILES string of the molecule is CCC(=O)ONS(=O)(=O)c1cccc(C)c1-c1ccc(OC)cc1. The number of sulfonamides is 1. The van der Waals surface area contributed by atoms with Crippen molar-refractivity contribution in [3.8, 4) is 16.9 Å². The molecule has 0 radical (unpaired) electrons. The summed E-state index contributed by atoms with van der Waals surface area (Å²) < 4.78 is 30.1. The van der Waals surface area contributed by atoms with E-state index in [0.29, 0.717) is 11.3 Å². The minimum absolute atomic E-state index is 0.0385. The lowest BCUT2D eigenvalue weighted by molar-refractivity contribution is -0.146. The van der Waals surface area contributed by atoms with E-state index < -0.39 is 16.0 Å². The molecule has 0 atom stereocenters. The van der Waals surface area contributed by atoms with E-state index >= 15 is 0 Å². The van der Waals surface area contributed by atoms with Crippen molar-refractivity contribution in [1.82, 2.24) is 4.89 Å². The van der Waals surface area contributed by atoms with Gasteiger partial charge in [-0.15, -0.1) is 0 Å². The monoisotopic (exact) mass is 349 g/mol. The molecular formula is C17H19NO5S. The summed E-state index contributed by atoms with van der Waals surface area (Å²) in [7, 11) is -2.45. The summed E-state index contributed by atoms with van der Waals surface area (Å²) in [5, 5.41) is 0. The second-order valence-electron chi connectivity index (χ2n) is 5.09. The minimum atomic E-state index is -4.01. The van der Waals surface area contributed by atoms with E-state index in [4.69, 9.17) is 4.74 Å². The van der Waals surface area contributed by atoms with Crippen molar-refractivity contribution in [2.75, 3.05) is 7.11 Å². The van der Waals surface area contributed by atoms with Gasteiger partial charge in [0.2, 0.25) is 0 Å². The number of hydrogen-bond donors (Lipinski definition) is 1. The molecule has 2 aromatic rings. The second-order valence-corrected chi connectivity index (χ2v) is 6.70. The van der Waals surface area contributed by atoms with Gasteiger partial charge in [-0.1, -0.05) is 31.2 Å². The van der Waals surface area contributed by atoms with Gasteiger partial charge in [0.15, 0.2) is 0 Å². The number of methoxy groups -OCH3 is 1. The molecule has 0 fully saturated rings. The molecule has 0 aliphatic rings. The van der Waals surface area contributed by atoms with E-state index in [0.717, 1.165) is 11.1 Å². The first-order valence-electron chi connectivity index (χ1n) is 7.34. The molecule has 0 bridgehead atoms. The standard InChI is InChI=1S/C17H19NO5S/c1-4-16(19)23-18-24(20,21)15-7-5-6-12(2)17(15)13-8-10-14(22-3)11-9-13/h5-11,18H,4H2,1-3H3. The van der Waals surface area contributed by atoms with Crippen LogP contribution >= 0.6 is 0 Å². The van der Waals surface area contributed by atoms with Gasteiger partial charge in [0, 0.05) is 12.0 Å². The maximum absolute atomic E-state index is 12.5. The predicted molar refractivity (Wildman–Crippen MR) is 89.9 cm³/mol. The summed E-state index contributed by atoms with van der Waals surface area (Å²) in [6, 6.07) is 12.0. The highest BCUT2D eigenvalue weighted by Gasteiger charge is 2.22. The number of carbonyl (C=O) groups excluding carboxylic acids is 1. The average molecular weight is 349 g/mol. The van der Waals surface area contributed by atoms with E-state index in [1.54, 1.807) is 44.4 Å². The molecule has 0 heterocycles. The molecular weight excluding hydrogens is 330 g/mol. The molecule has 0 saturated heterocycles. The number of hydrogen-bond acceptors (Lipinski definition) is 5. The number of carbonyl (C=O) groups is 1. The molecule has 2 aromatic carbocycles. The van der Waals surface area contributed by atoms with E-state index in [-0.39, 0.29) is 11.3 Å². The molecule has 24 heavy (non-hydrogen) atoms. The van der Waals surface area contributed by atoms with Gasteiger partial charge >= 0.3 is 5.97 Å². The first kappa shape index (κ1) is 18.0. The zero-order valence-corrected chi connectivity index (χ0v) is 14.5. The third kappa shape index (κ3) is 3.93. The zero-order chi connectivity index (χ0) is 17.7. The molecule has 0 unspecified atom stereocenters. The van der Waals surface area contributed by atoms with Crippen LogP contribution in [-0.4, -0.2) is 21.5 Å². The first-order valence-corrected chi connectivity index (χ1v) is 8.83. The lowest BCUT2D eigenvalue weighted by atomic mass is 10.0. The minimum Gasteiger partial charge on any atom is -0.497 e. The second kappa shape index (κ2) is 7.46.